The van der Waals surface area contributed by atoms with Crippen molar-refractivity contribution in [1.29, 1.82) is 0 Å². The van der Waals surface area contributed by atoms with Gasteiger partial charge in [0.15, 0.2) is 0 Å². The molecule has 1 saturated heterocycles. The summed E-state index contributed by atoms with van der Waals surface area (Å²) in [5.74, 6) is 0.776. The molecular weight excluding hydrogens is 174 g/mol. The maximum atomic E-state index is 5.79. The van der Waals surface area contributed by atoms with E-state index in [0.29, 0.717) is 12.1 Å². The van der Waals surface area contributed by atoms with E-state index in [2.05, 4.69) is 26.1 Å². The lowest BCUT2D eigenvalue weighted by atomic mass is 9.89. The van der Waals surface area contributed by atoms with E-state index in [-0.39, 0.29) is 0 Å². The fourth-order valence-electron chi connectivity index (χ4n) is 2.52. The molecule has 1 fully saturated rings. The highest BCUT2D eigenvalue weighted by molar-refractivity contribution is 4.85. The second-order valence-electron chi connectivity index (χ2n) is 4.21. The summed E-state index contributed by atoms with van der Waals surface area (Å²) in [5.41, 5.74) is 0. The molecule has 1 rings (SSSR count). The van der Waals surface area contributed by atoms with Gasteiger partial charge >= 0.3 is 0 Å². The zero-order chi connectivity index (χ0) is 10.4. The lowest BCUT2D eigenvalue weighted by Gasteiger charge is -2.30. The Morgan fingerprint density at radius 3 is 2.43 bits per heavy atom. The largest absolute Gasteiger partial charge is 0.377 e. The molecule has 0 aromatic rings. The Labute approximate surface area is 88.4 Å². The first-order valence-corrected chi connectivity index (χ1v) is 6.18. The summed E-state index contributed by atoms with van der Waals surface area (Å²) in [6, 6.07) is 0.581. The Bertz CT molecular complexity index is 137. The zero-order valence-corrected chi connectivity index (χ0v) is 9.88. The van der Waals surface area contributed by atoms with E-state index in [1.54, 1.807) is 0 Å². The molecule has 1 aliphatic heterocycles. The summed E-state index contributed by atoms with van der Waals surface area (Å²) in [4.78, 5) is 0. The third kappa shape index (κ3) is 2.96. The van der Waals surface area contributed by atoms with E-state index in [0.717, 1.165) is 19.1 Å². The number of ether oxygens (including phenoxy) is 1. The van der Waals surface area contributed by atoms with Crippen molar-refractivity contribution in [3.63, 3.8) is 0 Å². The van der Waals surface area contributed by atoms with Crippen molar-refractivity contribution in [3.8, 4) is 0 Å². The Kier molecular flexibility index (Phi) is 5.49. The van der Waals surface area contributed by atoms with Gasteiger partial charge in [-0.3, -0.25) is 0 Å². The Morgan fingerprint density at radius 2 is 2.00 bits per heavy atom. The van der Waals surface area contributed by atoms with Crippen molar-refractivity contribution in [2.75, 3.05) is 13.2 Å². The summed E-state index contributed by atoms with van der Waals surface area (Å²) in [6.45, 7) is 8.78. The van der Waals surface area contributed by atoms with Crippen LogP contribution in [0, 0.1) is 5.92 Å². The second-order valence-corrected chi connectivity index (χ2v) is 4.21. The quantitative estimate of drug-likeness (QED) is 0.710. The van der Waals surface area contributed by atoms with Crippen LogP contribution in [0.15, 0.2) is 0 Å². The van der Waals surface area contributed by atoms with E-state index >= 15 is 0 Å². The van der Waals surface area contributed by atoms with Gasteiger partial charge in [-0.1, -0.05) is 33.6 Å². The molecule has 0 spiro atoms. The Morgan fingerprint density at radius 1 is 1.29 bits per heavy atom. The minimum Gasteiger partial charge on any atom is -0.377 e. The van der Waals surface area contributed by atoms with Crippen molar-refractivity contribution in [2.45, 2.75) is 58.6 Å². The molecule has 0 aromatic heterocycles. The van der Waals surface area contributed by atoms with E-state index in [4.69, 9.17) is 4.74 Å². The molecule has 0 aromatic carbocycles. The van der Waals surface area contributed by atoms with Crippen LogP contribution in [0.4, 0.5) is 0 Å². The average molecular weight is 199 g/mol. The molecule has 2 nitrogen and oxygen atoms in total. The Hall–Kier alpha value is -0.0800. The summed E-state index contributed by atoms with van der Waals surface area (Å²) in [6.07, 6.45) is 5.47. The Balaban J connectivity index is 2.51. The van der Waals surface area contributed by atoms with Crippen LogP contribution in [0.1, 0.15) is 46.5 Å². The van der Waals surface area contributed by atoms with Crippen LogP contribution >= 0.6 is 0 Å². The normalized spacial score (nSPS) is 24.4. The highest BCUT2D eigenvalue weighted by atomic mass is 16.5. The van der Waals surface area contributed by atoms with Gasteiger partial charge in [-0.05, 0) is 25.3 Å². The van der Waals surface area contributed by atoms with Crippen LogP contribution < -0.4 is 5.32 Å². The topological polar surface area (TPSA) is 21.3 Å². The van der Waals surface area contributed by atoms with Gasteiger partial charge in [0.25, 0.3) is 0 Å². The number of nitrogens with one attached hydrogen (secondary N) is 1. The SMILES string of the molecule is CCNC(C(CC)CC)C1CCCO1. The molecule has 2 atom stereocenters. The number of likely N-dealkylation sites (N-methyl/N-ethyl adjacent to an activating group) is 1. The predicted molar refractivity (Wildman–Crippen MR) is 60.5 cm³/mol. The first-order chi connectivity index (χ1) is 6.83. The van der Waals surface area contributed by atoms with Crippen LogP contribution in [-0.2, 0) is 4.74 Å². The molecule has 0 saturated carbocycles. The van der Waals surface area contributed by atoms with Gasteiger partial charge in [-0.15, -0.1) is 0 Å². The summed E-state index contributed by atoms with van der Waals surface area (Å²) >= 11 is 0. The van der Waals surface area contributed by atoms with Gasteiger partial charge in [0.2, 0.25) is 0 Å². The fourth-order valence-corrected chi connectivity index (χ4v) is 2.52. The third-order valence-corrected chi connectivity index (χ3v) is 3.36. The minimum atomic E-state index is 0.472. The molecule has 2 unspecified atom stereocenters. The van der Waals surface area contributed by atoms with Crippen LogP contribution in [0.5, 0.6) is 0 Å². The highest BCUT2D eigenvalue weighted by Crippen LogP contribution is 2.24. The van der Waals surface area contributed by atoms with E-state index in [9.17, 15) is 0 Å². The minimum absolute atomic E-state index is 0.472. The predicted octanol–water partition coefficient (Wildman–Crippen LogP) is 2.58. The second kappa shape index (κ2) is 6.41. The van der Waals surface area contributed by atoms with Gasteiger partial charge in [-0.2, -0.15) is 0 Å². The maximum absolute atomic E-state index is 5.79. The average Bonchev–Trinajstić information content (AvgIpc) is 2.71. The summed E-state index contributed by atoms with van der Waals surface area (Å²) < 4.78 is 5.79. The molecule has 0 radical (unpaired) electrons. The molecule has 1 aliphatic rings. The molecule has 0 amide bonds. The molecule has 84 valence electrons. The van der Waals surface area contributed by atoms with Crippen molar-refractivity contribution >= 4 is 0 Å². The smallest absolute Gasteiger partial charge is 0.0731 e. The summed E-state index contributed by atoms with van der Waals surface area (Å²) in [5, 5.41) is 3.60. The first-order valence-electron chi connectivity index (χ1n) is 6.18. The standard InChI is InChI=1S/C12H25NO/c1-4-10(5-2)12(13-6-3)11-8-7-9-14-11/h10-13H,4-9H2,1-3H3. The van der Waals surface area contributed by atoms with Crippen molar-refractivity contribution in [2.24, 2.45) is 5.92 Å². The molecule has 0 bridgehead atoms. The number of rotatable bonds is 6. The van der Waals surface area contributed by atoms with Gasteiger partial charge in [0.05, 0.1) is 6.10 Å². The lowest BCUT2D eigenvalue weighted by Crippen LogP contribution is -2.44. The van der Waals surface area contributed by atoms with Gasteiger partial charge in [0.1, 0.15) is 0 Å². The van der Waals surface area contributed by atoms with Gasteiger partial charge in [-0.25, -0.2) is 0 Å². The van der Waals surface area contributed by atoms with Crippen molar-refractivity contribution < 1.29 is 4.74 Å². The van der Waals surface area contributed by atoms with E-state index < -0.39 is 0 Å². The van der Waals surface area contributed by atoms with Gasteiger partial charge < -0.3 is 10.1 Å². The van der Waals surface area contributed by atoms with Gasteiger partial charge in [0, 0.05) is 12.6 Å². The molecular formula is C12H25NO. The molecule has 1 N–H and O–H groups in total. The molecule has 1 heterocycles. The molecule has 2 heteroatoms. The first kappa shape index (κ1) is 12.0. The summed E-state index contributed by atoms with van der Waals surface area (Å²) in [7, 11) is 0. The van der Waals surface area contributed by atoms with E-state index in [1.165, 1.54) is 25.7 Å². The monoisotopic (exact) mass is 199 g/mol. The lowest BCUT2D eigenvalue weighted by molar-refractivity contribution is 0.0564. The van der Waals surface area contributed by atoms with Crippen LogP contribution in [0.2, 0.25) is 0 Å². The van der Waals surface area contributed by atoms with Crippen LogP contribution in [-0.4, -0.2) is 25.3 Å². The molecule has 0 aliphatic carbocycles. The van der Waals surface area contributed by atoms with Crippen LogP contribution in [0.25, 0.3) is 0 Å². The highest BCUT2D eigenvalue weighted by Gasteiger charge is 2.29. The van der Waals surface area contributed by atoms with Crippen molar-refractivity contribution in [1.82, 2.24) is 5.32 Å². The maximum Gasteiger partial charge on any atom is 0.0731 e. The molecule has 14 heavy (non-hydrogen) atoms. The fraction of sp³-hybridized carbons (Fsp3) is 1.00. The van der Waals surface area contributed by atoms with Crippen LogP contribution in [0.3, 0.4) is 0 Å². The third-order valence-electron chi connectivity index (χ3n) is 3.36. The number of hydrogen-bond acceptors (Lipinski definition) is 2. The zero-order valence-electron chi connectivity index (χ0n) is 9.88. The van der Waals surface area contributed by atoms with E-state index in [1.807, 2.05) is 0 Å². The number of hydrogen-bond donors (Lipinski definition) is 1. The van der Waals surface area contributed by atoms with Crippen molar-refractivity contribution in [3.05, 3.63) is 0 Å².